The minimum absolute atomic E-state index is 0.0577. The van der Waals surface area contributed by atoms with E-state index in [9.17, 15) is 27.6 Å². The summed E-state index contributed by atoms with van der Waals surface area (Å²) in [7, 11) is 0. The normalized spacial score (nSPS) is 15.3. The predicted octanol–water partition coefficient (Wildman–Crippen LogP) is 4.53. The van der Waals surface area contributed by atoms with Gasteiger partial charge in [-0.25, -0.2) is 4.79 Å². The smallest absolute Gasteiger partial charge is 0.418 e. The third kappa shape index (κ3) is 4.68. The number of amides is 1. The van der Waals surface area contributed by atoms with Gasteiger partial charge in [-0.3, -0.25) is 9.59 Å². The molecule has 1 aliphatic heterocycles. The first-order valence-electron chi connectivity index (χ1n) is 8.19. The summed E-state index contributed by atoms with van der Waals surface area (Å²) in [6.45, 7) is 2.99. The van der Waals surface area contributed by atoms with Crippen molar-refractivity contribution in [1.82, 2.24) is 0 Å². The topological polar surface area (TPSA) is 63.7 Å². The fraction of sp³-hybridized carbons (Fsp3) is 0.389. The molecule has 0 unspecified atom stereocenters. The molecule has 0 radical (unpaired) electrons. The third-order valence-corrected chi connectivity index (χ3v) is 4.30. The van der Waals surface area contributed by atoms with Gasteiger partial charge in [0.05, 0.1) is 21.8 Å². The highest BCUT2D eigenvalue weighted by molar-refractivity contribution is 6.37. The van der Waals surface area contributed by atoms with Crippen LogP contribution in [0.1, 0.15) is 49.0 Å². The lowest BCUT2D eigenvalue weighted by Gasteiger charge is -2.23. The van der Waals surface area contributed by atoms with Crippen LogP contribution in [0.5, 0.6) is 0 Å². The number of nitrogens with zero attached hydrogens (tertiary/aromatic N) is 1. The molecule has 1 aromatic rings. The molecule has 146 valence electrons. The Morgan fingerprint density at radius 2 is 2.00 bits per heavy atom. The van der Waals surface area contributed by atoms with Crippen LogP contribution in [-0.2, 0) is 20.5 Å². The number of carbonyl (C=O) groups excluding carboxylic acids is 3. The number of ether oxygens (including phenoxy) is 1. The molecule has 0 aliphatic carbocycles. The maximum absolute atomic E-state index is 13.4. The molecule has 1 amide bonds. The zero-order valence-corrected chi connectivity index (χ0v) is 15.4. The van der Waals surface area contributed by atoms with Gasteiger partial charge in [0, 0.05) is 25.5 Å². The van der Waals surface area contributed by atoms with Gasteiger partial charge in [-0.1, -0.05) is 18.5 Å². The average molecular weight is 404 g/mol. The highest BCUT2D eigenvalue weighted by Crippen LogP contribution is 2.43. The first-order valence-corrected chi connectivity index (χ1v) is 8.57. The van der Waals surface area contributed by atoms with E-state index in [1.807, 2.05) is 0 Å². The molecule has 2 rings (SSSR count). The highest BCUT2D eigenvalue weighted by Gasteiger charge is 2.39. The number of halogens is 4. The summed E-state index contributed by atoms with van der Waals surface area (Å²) in [5.74, 6) is -1.79. The minimum atomic E-state index is -4.76. The van der Waals surface area contributed by atoms with Crippen molar-refractivity contribution < 1.29 is 32.3 Å². The van der Waals surface area contributed by atoms with E-state index in [0.717, 1.165) is 17.0 Å². The SMILES string of the molecule is CC/C(=C\C(C)=O)OC(=O)c1ccc(C(F)(F)F)c(N2CCCC2=O)c1Cl. The Kier molecular flexibility index (Phi) is 6.30. The van der Waals surface area contributed by atoms with Crippen molar-refractivity contribution in [1.29, 1.82) is 0 Å². The molecular weight excluding hydrogens is 387 g/mol. The van der Waals surface area contributed by atoms with Gasteiger partial charge in [-0.2, -0.15) is 13.2 Å². The van der Waals surface area contributed by atoms with E-state index < -0.39 is 34.3 Å². The van der Waals surface area contributed by atoms with Crippen LogP contribution in [0.25, 0.3) is 0 Å². The van der Waals surface area contributed by atoms with Crippen molar-refractivity contribution in [3.8, 4) is 0 Å². The van der Waals surface area contributed by atoms with Gasteiger partial charge >= 0.3 is 12.1 Å². The quantitative estimate of drug-likeness (QED) is 0.412. The number of ketones is 1. The first-order chi connectivity index (χ1) is 12.6. The molecule has 9 heteroatoms. The van der Waals surface area contributed by atoms with Gasteiger partial charge in [0.2, 0.25) is 5.91 Å². The van der Waals surface area contributed by atoms with Crippen molar-refractivity contribution in [3.05, 3.63) is 40.1 Å². The van der Waals surface area contributed by atoms with Crippen molar-refractivity contribution in [2.75, 3.05) is 11.4 Å². The molecule has 0 bridgehead atoms. The summed E-state index contributed by atoms with van der Waals surface area (Å²) in [5.41, 5.74) is -1.97. The van der Waals surface area contributed by atoms with Gasteiger partial charge in [0.1, 0.15) is 5.76 Å². The van der Waals surface area contributed by atoms with Gasteiger partial charge in [-0.05, 0) is 25.5 Å². The molecule has 1 aromatic carbocycles. The van der Waals surface area contributed by atoms with Crippen LogP contribution in [0.2, 0.25) is 5.02 Å². The Morgan fingerprint density at radius 1 is 1.33 bits per heavy atom. The molecule has 5 nitrogen and oxygen atoms in total. The Labute approximate surface area is 158 Å². The first kappa shape index (κ1) is 21.0. The van der Waals surface area contributed by atoms with Crippen LogP contribution in [0, 0.1) is 0 Å². The molecule has 27 heavy (non-hydrogen) atoms. The Hall–Kier alpha value is -2.35. The number of esters is 1. The highest BCUT2D eigenvalue weighted by atomic mass is 35.5. The van der Waals surface area contributed by atoms with Crippen LogP contribution < -0.4 is 4.90 Å². The van der Waals surface area contributed by atoms with E-state index in [4.69, 9.17) is 16.3 Å². The molecule has 1 aliphatic rings. The lowest BCUT2D eigenvalue weighted by molar-refractivity contribution is -0.137. The Bertz CT molecular complexity index is 818. The summed E-state index contributed by atoms with van der Waals surface area (Å²) in [4.78, 5) is 36.4. The summed E-state index contributed by atoms with van der Waals surface area (Å²) < 4.78 is 45.3. The number of benzene rings is 1. The fourth-order valence-corrected chi connectivity index (χ4v) is 3.05. The molecule has 0 atom stereocenters. The number of hydrogen-bond acceptors (Lipinski definition) is 4. The van der Waals surface area contributed by atoms with Crippen molar-refractivity contribution in [2.24, 2.45) is 0 Å². The lowest BCUT2D eigenvalue weighted by Crippen LogP contribution is -2.28. The summed E-state index contributed by atoms with van der Waals surface area (Å²) in [5, 5.41) is -0.511. The lowest BCUT2D eigenvalue weighted by atomic mass is 10.1. The van der Waals surface area contributed by atoms with Crippen LogP contribution in [0.4, 0.5) is 18.9 Å². The van der Waals surface area contributed by atoms with Gasteiger partial charge in [-0.15, -0.1) is 0 Å². The molecule has 1 heterocycles. The predicted molar refractivity (Wildman–Crippen MR) is 92.5 cm³/mol. The summed E-state index contributed by atoms with van der Waals surface area (Å²) >= 11 is 6.11. The second kappa shape index (κ2) is 8.12. The summed E-state index contributed by atoms with van der Waals surface area (Å²) in [6.07, 6.45) is -2.93. The second-order valence-corrected chi connectivity index (χ2v) is 6.31. The van der Waals surface area contributed by atoms with Crippen molar-refractivity contribution in [2.45, 2.75) is 39.3 Å². The van der Waals surface area contributed by atoms with Crippen molar-refractivity contribution >= 4 is 34.9 Å². The molecule has 1 saturated heterocycles. The average Bonchev–Trinajstić information content (AvgIpc) is 2.98. The minimum Gasteiger partial charge on any atom is -0.427 e. The van der Waals surface area contributed by atoms with Gasteiger partial charge < -0.3 is 9.64 Å². The zero-order chi connectivity index (χ0) is 20.4. The maximum atomic E-state index is 13.4. The van der Waals surface area contributed by atoms with Crippen LogP contribution in [0.3, 0.4) is 0 Å². The number of alkyl halides is 3. The fourth-order valence-electron chi connectivity index (χ4n) is 2.70. The van der Waals surface area contributed by atoms with E-state index >= 15 is 0 Å². The standard InChI is InChI=1S/C18H17ClF3NO4/c1-3-11(9-10(2)24)27-17(26)12-6-7-13(18(20,21)22)16(15(12)19)23-8-4-5-14(23)25/h6-7,9H,3-5,8H2,1-2H3/b11-9+. The third-order valence-electron chi connectivity index (χ3n) is 3.92. The second-order valence-electron chi connectivity index (χ2n) is 5.93. The van der Waals surface area contributed by atoms with E-state index in [0.29, 0.717) is 12.5 Å². The maximum Gasteiger partial charge on any atom is 0.418 e. The van der Waals surface area contributed by atoms with E-state index in [2.05, 4.69) is 0 Å². The van der Waals surface area contributed by atoms with E-state index in [-0.39, 0.29) is 36.5 Å². The molecule has 0 saturated carbocycles. The zero-order valence-electron chi connectivity index (χ0n) is 14.7. The van der Waals surface area contributed by atoms with Gasteiger partial charge in [0.25, 0.3) is 0 Å². The number of anilines is 1. The van der Waals surface area contributed by atoms with E-state index in [1.54, 1.807) is 6.92 Å². The van der Waals surface area contributed by atoms with Gasteiger partial charge in [0.15, 0.2) is 5.78 Å². The molecule has 0 aromatic heterocycles. The van der Waals surface area contributed by atoms with Crippen LogP contribution in [-0.4, -0.2) is 24.2 Å². The largest absolute Gasteiger partial charge is 0.427 e. The summed E-state index contributed by atoms with van der Waals surface area (Å²) in [6, 6.07) is 1.60. The monoisotopic (exact) mass is 403 g/mol. The Balaban J connectivity index is 2.52. The van der Waals surface area contributed by atoms with Crippen LogP contribution >= 0.6 is 11.6 Å². The number of allylic oxidation sites excluding steroid dienone is 2. The number of rotatable bonds is 5. The molecule has 0 N–H and O–H groups in total. The van der Waals surface area contributed by atoms with Crippen molar-refractivity contribution in [3.63, 3.8) is 0 Å². The van der Waals surface area contributed by atoms with Crippen LogP contribution in [0.15, 0.2) is 24.0 Å². The number of hydrogen-bond donors (Lipinski definition) is 0. The Morgan fingerprint density at radius 3 is 2.48 bits per heavy atom. The molecular formula is C18H17ClF3NO4. The number of carbonyl (C=O) groups is 3. The van der Waals surface area contributed by atoms with E-state index in [1.165, 1.54) is 6.92 Å². The molecule has 1 fully saturated rings. The molecule has 0 spiro atoms.